The van der Waals surface area contributed by atoms with E-state index < -0.39 is 5.60 Å². The summed E-state index contributed by atoms with van der Waals surface area (Å²) in [5, 5.41) is 0. The molecular formula is C23H40BNO5. The molecule has 0 N–H and O–H groups in total. The first kappa shape index (κ1) is 23.5. The van der Waals surface area contributed by atoms with Crippen LogP contribution in [0.5, 0.6) is 0 Å². The van der Waals surface area contributed by atoms with Crippen LogP contribution < -0.4 is 0 Å². The van der Waals surface area contributed by atoms with Crippen molar-refractivity contribution in [3.63, 3.8) is 0 Å². The number of hydrogen-bond acceptors (Lipinski definition) is 5. The van der Waals surface area contributed by atoms with Gasteiger partial charge < -0.3 is 18.8 Å². The molecule has 170 valence electrons. The maximum atomic E-state index is 12.9. The molecule has 2 aliphatic heterocycles. The van der Waals surface area contributed by atoms with Crippen LogP contribution in [0.1, 0.15) is 80.6 Å². The summed E-state index contributed by atoms with van der Waals surface area (Å²) in [7, 11) is 1.56. The van der Waals surface area contributed by atoms with Gasteiger partial charge in [-0.25, -0.2) is 4.79 Å². The van der Waals surface area contributed by atoms with Crippen molar-refractivity contribution >= 4 is 13.2 Å². The Morgan fingerprint density at radius 3 is 2.27 bits per heavy atom. The molecule has 2 atom stereocenters. The highest BCUT2D eigenvalue weighted by molar-refractivity contribution is 6.45. The fourth-order valence-electron chi connectivity index (χ4n) is 4.45. The van der Waals surface area contributed by atoms with Crippen molar-refractivity contribution < 1.29 is 23.6 Å². The largest absolute Gasteiger partial charge is 0.499 e. The maximum absolute atomic E-state index is 12.9. The highest BCUT2D eigenvalue weighted by atomic mass is 16.7. The van der Waals surface area contributed by atoms with Gasteiger partial charge in [-0.1, -0.05) is 6.42 Å². The van der Waals surface area contributed by atoms with E-state index in [2.05, 4.69) is 27.7 Å². The van der Waals surface area contributed by atoms with Gasteiger partial charge in [0.25, 0.3) is 0 Å². The van der Waals surface area contributed by atoms with Crippen molar-refractivity contribution in [1.82, 2.24) is 4.90 Å². The Kier molecular flexibility index (Phi) is 6.55. The van der Waals surface area contributed by atoms with E-state index in [1.165, 1.54) is 5.57 Å². The molecule has 0 aromatic rings. The predicted molar refractivity (Wildman–Crippen MR) is 118 cm³/mol. The predicted octanol–water partition coefficient (Wildman–Crippen LogP) is 5.18. The first-order valence-electron chi connectivity index (χ1n) is 11.5. The van der Waals surface area contributed by atoms with Crippen molar-refractivity contribution in [3.05, 3.63) is 11.3 Å². The zero-order valence-corrected chi connectivity index (χ0v) is 20.2. The van der Waals surface area contributed by atoms with Gasteiger partial charge in [-0.05, 0) is 92.0 Å². The van der Waals surface area contributed by atoms with Crippen molar-refractivity contribution in [3.8, 4) is 0 Å². The lowest BCUT2D eigenvalue weighted by Gasteiger charge is -2.32. The van der Waals surface area contributed by atoms with Gasteiger partial charge in [-0.2, -0.15) is 0 Å². The molecule has 2 unspecified atom stereocenters. The Hall–Kier alpha value is -1.21. The number of likely N-dealkylation sites (tertiary alicyclic amines) is 1. The fraction of sp³-hybridized carbons (Fsp3) is 0.870. The molecule has 2 heterocycles. The summed E-state index contributed by atoms with van der Waals surface area (Å²) in [5.74, 6) is 1.35. The molecule has 1 aliphatic carbocycles. The smallest absolute Gasteiger partial charge is 0.457 e. The topological polar surface area (TPSA) is 57.2 Å². The highest BCUT2D eigenvalue weighted by Gasteiger charge is 2.51. The van der Waals surface area contributed by atoms with Gasteiger partial charge in [-0.3, -0.25) is 4.90 Å². The molecule has 30 heavy (non-hydrogen) atoms. The van der Waals surface area contributed by atoms with Gasteiger partial charge in [0.2, 0.25) is 0 Å². The number of ether oxygens (including phenoxy) is 2. The molecule has 7 heteroatoms. The molecule has 0 aromatic carbocycles. The minimum atomic E-state index is -0.504. The molecule has 0 spiro atoms. The molecule has 0 radical (unpaired) electrons. The summed E-state index contributed by atoms with van der Waals surface area (Å²) >= 11 is 0. The number of hydrogen-bond donors (Lipinski definition) is 0. The first-order valence-corrected chi connectivity index (χ1v) is 11.5. The Bertz CT molecular complexity index is 660. The van der Waals surface area contributed by atoms with Crippen LogP contribution in [0.25, 0.3) is 0 Å². The highest BCUT2D eigenvalue weighted by Crippen LogP contribution is 2.42. The summed E-state index contributed by atoms with van der Waals surface area (Å²) in [6.07, 6.45) is 5.73. The van der Waals surface area contributed by atoms with Gasteiger partial charge in [0, 0.05) is 6.54 Å². The Balaban J connectivity index is 1.64. The van der Waals surface area contributed by atoms with Gasteiger partial charge in [0.05, 0.1) is 24.4 Å². The monoisotopic (exact) mass is 421 g/mol. The summed E-state index contributed by atoms with van der Waals surface area (Å²) in [5.41, 5.74) is 0.256. The minimum absolute atomic E-state index is 0.0272. The van der Waals surface area contributed by atoms with Gasteiger partial charge in [0.1, 0.15) is 11.4 Å². The average molecular weight is 421 g/mol. The maximum Gasteiger partial charge on any atom is 0.457 e. The van der Waals surface area contributed by atoms with Crippen LogP contribution in [0.4, 0.5) is 4.79 Å². The number of rotatable bonds is 6. The Labute approximate surface area is 182 Å². The Morgan fingerprint density at radius 1 is 1.17 bits per heavy atom. The number of carbonyl (C=O) groups excluding carboxylic acids is 1. The summed E-state index contributed by atoms with van der Waals surface area (Å²) in [6, 6.07) is -0.0272. The number of nitrogens with zero attached hydrogens (tertiary/aromatic N) is 1. The Morgan fingerprint density at radius 2 is 1.77 bits per heavy atom. The van der Waals surface area contributed by atoms with Gasteiger partial charge in [-0.15, -0.1) is 0 Å². The zero-order chi connectivity index (χ0) is 22.3. The van der Waals surface area contributed by atoms with E-state index in [1.54, 1.807) is 7.11 Å². The molecule has 3 fully saturated rings. The van der Waals surface area contributed by atoms with Gasteiger partial charge >= 0.3 is 13.2 Å². The second kappa shape index (κ2) is 8.38. The van der Waals surface area contributed by atoms with Crippen molar-refractivity contribution in [2.45, 2.75) is 110 Å². The standard InChI is InChI=1S/C23H40BNO5/c1-21(2,3)28-20(26)25-15-13-16(18(25)19(27-8)17-11-12-17)10-9-14-24-29-22(4,5)23(6,7)30-24/h16,18H,9-15H2,1-8H3. The molecule has 3 rings (SSSR count). The number of allylic oxidation sites excluding steroid dienone is 1. The molecular weight excluding hydrogens is 381 g/mol. The number of amides is 1. The first-order chi connectivity index (χ1) is 13.8. The second-order valence-corrected chi connectivity index (χ2v) is 11.0. The molecule has 0 bridgehead atoms. The van der Waals surface area contributed by atoms with E-state index in [-0.39, 0.29) is 30.5 Å². The third-order valence-electron chi connectivity index (χ3n) is 6.80. The quantitative estimate of drug-likeness (QED) is 0.437. The van der Waals surface area contributed by atoms with Crippen LogP contribution >= 0.6 is 0 Å². The van der Waals surface area contributed by atoms with Crippen molar-refractivity contribution in [2.24, 2.45) is 5.92 Å². The van der Waals surface area contributed by atoms with Crippen LogP contribution in [0.3, 0.4) is 0 Å². The van der Waals surface area contributed by atoms with Crippen LogP contribution in [-0.2, 0) is 18.8 Å². The van der Waals surface area contributed by atoms with Crippen LogP contribution in [-0.4, -0.2) is 54.6 Å². The molecule has 3 aliphatic rings. The third kappa shape index (κ3) is 5.16. The van der Waals surface area contributed by atoms with E-state index in [0.717, 1.165) is 44.2 Å². The van der Waals surface area contributed by atoms with E-state index in [1.807, 2.05) is 25.7 Å². The van der Waals surface area contributed by atoms with E-state index >= 15 is 0 Å². The number of carbonyl (C=O) groups is 1. The third-order valence-corrected chi connectivity index (χ3v) is 6.80. The summed E-state index contributed by atoms with van der Waals surface area (Å²) in [4.78, 5) is 14.8. The van der Waals surface area contributed by atoms with Crippen molar-refractivity contribution in [2.75, 3.05) is 13.7 Å². The molecule has 1 saturated carbocycles. The molecule has 0 aromatic heterocycles. The normalized spacial score (nSPS) is 27.4. The van der Waals surface area contributed by atoms with E-state index in [9.17, 15) is 4.79 Å². The lowest BCUT2D eigenvalue weighted by molar-refractivity contribution is 0.00578. The fourth-order valence-corrected chi connectivity index (χ4v) is 4.45. The zero-order valence-electron chi connectivity index (χ0n) is 20.2. The van der Waals surface area contributed by atoms with Crippen LogP contribution in [0.15, 0.2) is 11.3 Å². The minimum Gasteiger partial charge on any atom is -0.499 e. The second-order valence-electron chi connectivity index (χ2n) is 11.0. The van der Waals surface area contributed by atoms with Crippen molar-refractivity contribution in [1.29, 1.82) is 0 Å². The lowest BCUT2D eigenvalue weighted by atomic mass is 9.80. The SMILES string of the molecule is COC(=C1CC1)C1C(CCCB2OC(C)(C)C(C)(C)O2)CCN1C(=O)OC(C)(C)C. The number of methoxy groups -OCH3 is 1. The van der Waals surface area contributed by atoms with Crippen LogP contribution in [0.2, 0.25) is 6.32 Å². The van der Waals surface area contributed by atoms with Gasteiger partial charge in [0.15, 0.2) is 0 Å². The summed E-state index contributed by atoms with van der Waals surface area (Å²) in [6.45, 7) is 14.8. The molecule has 6 nitrogen and oxygen atoms in total. The summed E-state index contributed by atoms with van der Waals surface area (Å²) < 4.78 is 23.8. The van der Waals surface area contributed by atoms with E-state index in [0.29, 0.717) is 12.5 Å². The van der Waals surface area contributed by atoms with Crippen LogP contribution in [0, 0.1) is 5.92 Å². The lowest BCUT2D eigenvalue weighted by Crippen LogP contribution is -2.42. The molecule has 2 saturated heterocycles. The average Bonchev–Trinajstić information content (AvgIpc) is 3.29. The van der Waals surface area contributed by atoms with E-state index in [4.69, 9.17) is 18.8 Å². The molecule has 1 amide bonds.